The van der Waals surface area contributed by atoms with E-state index in [0.717, 1.165) is 28.0 Å². The number of rotatable bonds is 8. The molecule has 11 heteroatoms. The van der Waals surface area contributed by atoms with Crippen LogP contribution in [0.1, 0.15) is 16.3 Å². The number of ether oxygens (including phenoxy) is 2. The van der Waals surface area contributed by atoms with E-state index in [2.05, 4.69) is 20.6 Å². The number of hydrogen-bond acceptors (Lipinski definition) is 5. The summed E-state index contributed by atoms with van der Waals surface area (Å²) in [6.45, 7) is 1.48. The molecule has 0 saturated heterocycles. The number of aromatic nitrogens is 1. The number of thiazole rings is 1. The van der Waals surface area contributed by atoms with E-state index >= 15 is 0 Å². The fourth-order valence-electron chi connectivity index (χ4n) is 2.15. The molecule has 28 heavy (non-hydrogen) atoms. The molecule has 0 amide bonds. The second-order valence-electron chi connectivity index (χ2n) is 5.34. The molecule has 6 nitrogen and oxygen atoms in total. The van der Waals surface area contributed by atoms with E-state index < -0.39 is 11.9 Å². The Kier molecular flexibility index (Phi) is 10.5. The molecule has 0 bridgehead atoms. The number of nitrogens with zero attached hydrogens (tertiary/aromatic N) is 2. The van der Waals surface area contributed by atoms with Crippen LogP contribution in [0.15, 0.2) is 34.6 Å². The van der Waals surface area contributed by atoms with Crippen LogP contribution in [-0.2, 0) is 24.1 Å². The van der Waals surface area contributed by atoms with Crippen LogP contribution >= 0.6 is 35.3 Å². The molecule has 0 radical (unpaired) electrons. The van der Waals surface area contributed by atoms with Crippen molar-refractivity contribution in [2.75, 3.05) is 27.3 Å². The van der Waals surface area contributed by atoms with Gasteiger partial charge in [0.1, 0.15) is 10.8 Å². The molecule has 0 atom stereocenters. The number of aliphatic imine (C=N–C) groups is 1. The Morgan fingerprint density at radius 2 is 2.00 bits per heavy atom. The summed E-state index contributed by atoms with van der Waals surface area (Å²) in [5, 5.41) is 7.28. The standard InChI is InChI=1S/C17H21F3N4O2S.HI/c1-21-16(23-9-15-24-14(11-27-15)17(18,19)20)22-7-8-26-10-12-5-3-4-6-13(12)25-2;/h3-6,11H,7-10H2,1-2H3,(H2,21,22,23);1H. The minimum Gasteiger partial charge on any atom is -0.496 e. The van der Waals surface area contributed by atoms with Crippen LogP contribution in [0.25, 0.3) is 0 Å². The summed E-state index contributed by atoms with van der Waals surface area (Å²) in [4.78, 5) is 7.57. The Hall–Kier alpha value is -1.60. The average molecular weight is 530 g/mol. The van der Waals surface area contributed by atoms with Crippen LogP contribution in [0.5, 0.6) is 5.75 Å². The maximum Gasteiger partial charge on any atom is 0.434 e. The number of guanidine groups is 1. The molecule has 0 aliphatic heterocycles. The highest BCUT2D eigenvalue weighted by atomic mass is 127. The van der Waals surface area contributed by atoms with Gasteiger partial charge < -0.3 is 20.1 Å². The van der Waals surface area contributed by atoms with Crippen molar-refractivity contribution in [2.45, 2.75) is 19.3 Å². The van der Waals surface area contributed by atoms with Gasteiger partial charge in [-0.1, -0.05) is 18.2 Å². The van der Waals surface area contributed by atoms with E-state index in [0.29, 0.717) is 30.7 Å². The van der Waals surface area contributed by atoms with Crippen molar-refractivity contribution in [3.63, 3.8) is 0 Å². The second-order valence-corrected chi connectivity index (χ2v) is 6.28. The number of nitrogens with one attached hydrogen (secondary N) is 2. The lowest BCUT2D eigenvalue weighted by atomic mass is 10.2. The Labute approximate surface area is 182 Å². The Balaban J connectivity index is 0.00000392. The van der Waals surface area contributed by atoms with Gasteiger partial charge in [0.05, 0.1) is 26.9 Å². The van der Waals surface area contributed by atoms with Crippen molar-refractivity contribution in [1.82, 2.24) is 15.6 Å². The highest BCUT2D eigenvalue weighted by Crippen LogP contribution is 2.29. The maximum absolute atomic E-state index is 12.5. The number of para-hydroxylation sites is 1. The van der Waals surface area contributed by atoms with Crippen molar-refractivity contribution in [1.29, 1.82) is 0 Å². The van der Waals surface area contributed by atoms with Crippen molar-refractivity contribution in [2.24, 2.45) is 4.99 Å². The van der Waals surface area contributed by atoms with Crippen LogP contribution in [0, 0.1) is 0 Å². The van der Waals surface area contributed by atoms with Gasteiger partial charge in [0, 0.05) is 24.5 Å². The normalized spacial score (nSPS) is 11.7. The topological polar surface area (TPSA) is 67.8 Å². The van der Waals surface area contributed by atoms with Gasteiger partial charge in [0.15, 0.2) is 11.7 Å². The van der Waals surface area contributed by atoms with Gasteiger partial charge in [-0.2, -0.15) is 13.2 Å². The Morgan fingerprint density at radius 3 is 2.64 bits per heavy atom. The summed E-state index contributed by atoms with van der Waals surface area (Å²) in [7, 11) is 3.18. The molecule has 0 unspecified atom stereocenters. The molecular formula is C17H22F3IN4O2S. The molecule has 1 aromatic carbocycles. The molecule has 0 saturated carbocycles. The quantitative estimate of drug-likeness (QED) is 0.236. The molecule has 1 aromatic heterocycles. The largest absolute Gasteiger partial charge is 0.496 e. The molecule has 2 aromatic rings. The van der Waals surface area contributed by atoms with Gasteiger partial charge in [-0.25, -0.2) is 4.98 Å². The van der Waals surface area contributed by atoms with Gasteiger partial charge in [0.25, 0.3) is 0 Å². The lowest BCUT2D eigenvalue weighted by Crippen LogP contribution is -2.38. The van der Waals surface area contributed by atoms with Crippen LogP contribution < -0.4 is 15.4 Å². The molecule has 0 fully saturated rings. The third-order valence-corrected chi connectivity index (χ3v) is 4.31. The fraction of sp³-hybridized carbons (Fsp3) is 0.412. The molecule has 2 rings (SSSR count). The molecule has 156 valence electrons. The van der Waals surface area contributed by atoms with Crippen molar-refractivity contribution < 1.29 is 22.6 Å². The van der Waals surface area contributed by atoms with Crippen LogP contribution in [0.3, 0.4) is 0 Å². The summed E-state index contributed by atoms with van der Waals surface area (Å²) in [6, 6.07) is 7.59. The smallest absolute Gasteiger partial charge is 0.434 e. The van der Waals surface area contributed by atoms with E-state index in [1.165, 1.54) is 0 Å². The average Bonchev–Trinajstić information content (AvgIpc) is 3.13. The first-order chi connectivity index (χ1) is 12.9. The monoisotopic (exact) mass is 530 g/mol. The Bertz CT molecular complexity index is 756. The zero-order valence-corrected chi connectivity index (χ0v) is 18.5. The van der Waals surface area contributed by atoms with E-state index in [4.69, 9.17) is 9.47 Å². The minimum atomic E-state index is -4.42. The molecular weight excluding hydrogens is 508 g/mol. The fourth-order valence-corrected chi connectivity index (χ4v) is 2.89. The summed E-state index contributed by atoms with van der Waals surface area (Å²) in [6.07, 6.45) is -4.42. The maximum atomic E-state index is 12.5. The predicted octanol–water partition coefficient (Wildman–Crippen LogP) is 3.67. The number of halogens is 4. The molecule has 0 aliphatic carbocycles. The van der Waals surface area contributed by atoms with Gasteiger partial charge in [-0.15, -0.1) is 35.3 Å². The molecule has 1 heterocycles. The van der Waals surface area contributed by atoms with Crippen molar-refractivity contribution in [3.8, 4) is 5.75 Å². The molecule has 0 aliphatic rings. The summed E-state index contributed by atoms with van der Waals surface area (Å²) >= 11 is 0.949. The summed E-state index contributed by atoms with van der Waals surface area (Å²) < 4.78 is 48.5. The third kappa shape index (κ3) is 7.80. The van der Waals surface area contributed by atoms with Gasteiger partial charge in [-0.3, -0.25) is 4.99 Å². The van der Waals surface area contributed by atoms with E-state index in [-0.39, 0.29) is 30.5 Å². The van der Waals surface area contributed by atoms with E-state index in [9.17, 15) is 13.2 Å². The van der Waals surface area contributed by atoms with Crippen molar-refractivity contribution in [3.05, 3.63) is 45.9 Å². The number of alkyl halides is 3. The van der Waals surface area contributed by atoms with E-state index in [1.54, 1.807) is 14.2 Å². The zero-order valence-electron chi connectivity index (χ0n) is 15.4. The predicted molar refractivity (Wildman–Crippen MR) is 113 cm³/mol. The highest BCUT2D eigenvalue weighted by Gasteiger charge is 2.33. The first-order valence-corrected chi connectivity index (χ1v) is 8.97. The Morgan fingerprint density at radius 1 is 1.25 bits per heavy atom. The second kappa shape index (κ2) is 12.1. The van der Waals surface area contributed by atoms with Gasteiger partial charge in [0.2, 0.25) is 0 Å². The zero-order chi connectivity index (χ0) is 19.7. The van der Waals surface area contributed by atoms with Crippen LogP contribution in [0.4, 0.5) is 13.2 Å². The van der Waals surface area contributed by atoms with Gasteiger partial charge >= 0.3 is 6.18 Å². The van der Waals surface area contributed by atoms with Crippen molar-refractivity contribution >= 4 is 41.3 Å². The first-order valence-electron chi connectivity index (χ1n) is 8.09. The first kappa shape index (κ1) is 24.4. The molecule has 0 spiro atoms. The van der Waals surface area contributed by atoms with Crippen LogP contribution in [-0.4, -0.2) is 38.3 Å². The number of benzene rings is 1. The number of hydrogen-bond donors (Lipinski definition) is 2. The van der Waals surface area contributed by atoms with Crippen LogP contribution in [0.2, 0.25) is 0 Å². The lowest BCUT2D eigenvalue weighted by Gasteiger charge is -2.12. The molecule has 2 N–H and O–H groups in total. The van der Waals surface area contributed by atoms with Gasteiger partial charge in [-0.05, 0) is 6.07 Å². The third-order valence-electron chi connectivity index (χ3n) is 3.46. The summed E-state index contributed by atoms with van der Waals surface area (Å²) in [5.74, 6) is 1.23. The lowest BCUT2D eigenvalue weighted by molar-refractivity contribution is -0.140. The highest BCUT2D eigenvalue weighted by molar-refractivity contribution is 14.0. The summed E-state index contributed by atoms with van der Waals surface area (Å²) in [5.41, 5.74) is 0.0729. The minimum absolute atomic E-state index is 0. The SMILES string of the molecule is CN=C(NCCOCc1ccccc1OC)NCc1nc(C(F)(F)F)cs1.I. The number of methoxy groups -OCH3 is 1. The van der Waals surface area contributed by atoms with E-state index in [1.807, 2.05) is 24.3 Å².